The maximum Gasteiger partial charge on any atom is 0.317 e. The Morgan fingerprint density at radius 2 is 2.04 bits per heavy atom. The molecule has 1 saturated heterocycles. The van der Waals surface area contributed by atoms with Crippen LogP contribution < -0.4 is 0 Å². The van der Waals surface area contributed by atoms with Crippen LogP contribution in [-0.4, -0.2) is 50.9 Å². The van der Waals surface area contributed by atoms with Gasteiger partial charge in [-0.15, -0.1) is 0 Å². The number of hydrogen-bond donors (Lipinski definition) is 1. The molecule has 144 valence electrons. The van der Waals surface area contributed by atoms with Crippen molar-refractivity contribution in [1.29, 1.82) is 0 Å². The number of benzene rings is 1. The topological polar surface area (TPSA) is 62.4 Å². The molecule has 2 aromatic rings. The molecule has 2 heterocycles. The van der Waals surface area contributed by atoms with Crippen LogP contribution in [0, 0.1) is 5.92 Å². The Balaban J connectivity index is 1.50. The van der Waals surface area contributed by atoms with Crippen LogP contribution in [0.2, 0.25) is 0 Å². The Labute approximate surface area is 168 Å². The number of ether oxygens (including phenoxy) is 1. The quantitative estimate of drug-likeness (QED) is 0.461. The van der Waals surface area contributed by atoms with Crippen molar-refractivity contribution in [3.8, 4) is 0 Å². The highest BCUT2D eigenvalue weighted by Crippen LogP contribution is 2.22. The molecule has 0 bridgehead atoms. The molecule has 7 heteroatoms. The summed E-state index contributed by atoms with van der Waals surface area (Å²) >= 11 is 6.74. The van der Waals surface area contributed by atoms with E-state index in [2.05, 4.69) is 16.8 Å². The van der Waals surface area contributed by atoms with Crippen molar-refractivity contribution in [2.75, 3.05) is 18.8 Å². The number of Topliss-reactive ketones (excluding diaryl/α,β-unsaturated/α-hetero) is 1. The molecule has 1 aromatic carbocycles. The zero-order valence-electron chi connectivity index (χ0n) is 15.6. The van der Waals surface area contributed by atoms with E-state index >= 15 is 0 Å². The second-order valence-corrected chi connectivity index (χ2v) is 8.58. The van der Waals surface area contributed by atoms with Gasteiger partial charge in [-0.2, -0.15) is 0 Å². The Morgan fingerprint density at radius 1 is 1.33 bits per heavy atom. The standard InChI is InChI=1S/C20H24N2O3S2/c1-13-7-9-22(10-8-13)20(26)27-12-18(23)25-14(2)19(24)16-11-21-17-6-4-3-5-15(16)17/h3-6,11,13-14,21H,7-10,12H2,1-2H3/t14-/m1/s1. The summed E-state index contributed by atoms with van der Waals surface area (Å²) in [6, 6.07) is 7.56. The number of para-hydroxylation sites is 1. The number of fused-ring (bicyclic) bond motifs is 1. The van der Waals surface area contributed by atoms with Crippen LogP contribution in [0.1, 0.15) is 37.0 Å². The van der Waals surface area contributed by atoms with E-state index in [0.29, 0.717) is 5.56 Å². The van der Waals surface area contributed by atoms with Crippen LogP contribution in [0.25, 0.3) is 10.9 Å². The Morgan fingerprint density at radius 3 is 2.78 bits per heavy atom. The van der Waals surface area contributed by atoms with Gasteiger partial charge in [0.05, 0.1) is 5.75 Å². The van der Waals surface area contributed by atoms with Crippen LogP contribution >= 0.6 is 24.0 Å². The van der Waals surface area contributed by atoms with Crippen molar-refractivity contribution < 1.29 is 14.3 Å². The molecule has 1 fully saturated rings. The smallest absolute Gasteiger partial charge is 0.317 e. The molecule has 27 heavy (non-hydrogen) atoms. The molecule has 5 nitrogen and oxygen atoms in total. The number of thiocarbonyl (C=S) groups is 1. The van der Waals surface area contributed by atoms with Gasteiger partial charge < -0.3 is 14.6 Å². The van der Waals surface area contributed by atoms with Crippen molar-refractivity contribution >= 4 is 51.0 Å². The van der Waals surface area contributed by atoms with Crippen LogP contribution in [0.3, 0.4) is 0 Å². The summed E-state index contributed by atoms with van der Waals surface area (Å²) in [4.78, 5) is 30.0. The van der Waals surface area contributed by atoms with E-state index in [4.69, 9.17) is 17.0 Å². The molecule has 0 saturated carbocycles. The van der Waals surface area contributed by atoms with Gasteiger partial charge in [0.2, 0.25) is 5.78 Å². The number of esters is 1. The summed E-state index contributed by atoms with van der Waals surface area (Å²) in [6.07, 6.45) is 3.09. The van der Waals surface area contributed by atoms with Crippen molar-refractivity contribution in [1.82, 2.24) is 9.88 Å². The van der Waals surface area contributed by atoms with Gasteiger partial charge in [0.15, 0.2) is 6.10 Å². The van der Waals surface area contributed by atoms with Crippen LogP contribution in [0.5, 0.6) is 0 Å². The Kier molecular flexibility index (Phi) is 6.55. The molecule has 0 unspecified atom stereocenters. The zero-order chi connectivity index (χ0) is 19.4. The lowest BCUT2D eigenvalue weighted by Gasteiger charge is -2.31. The monoisotopic (exact) mass is 404 g/mol. The molecule has 1 atom stereocenters. The number of nitrogens with one attached hydrogen (secondary N) is 1. The summed E-state index contributed by atoms with van der Waals surface area (Å²) in [5, 5.41) is 0.834. The predicted molar refractivity (Wildman–Crippen MR) is 113 cm³/mol. The van der Waals surface area contributed by atoms with Gasteiger partial charge in [-0.25, -0.2) is 0 Å². The summed E-state index contributed by atoms with van der Waals surface area (Å²) in [5.41, 5.74) is 1.42. The van der Waals surface area contributed by atoms with Crippen molar-refractivity contribution in [3.05, 3.63) is 36.0 Å². The van der Waals surface area contributed by atoms with Gasteiger partial charge in [-0.3, -0.25) is 9.59 Å². The normalized spacial score (nSPS) is 16.3. The molecule has 1 aliphatic rings. The maximum atomic E-state index is 12.6. The van der Waals surface area contributed by atoms with Gasteiger partial charge in [-0.1, -0.05) is 49.1 Å². The summed E-state index contributed by atoms with van der Waals surface area (Å²) < 4.78 is 6.07. The molecular weight excluding hydrogens is 380 g/mol. The molecule has 0 aliphatic carbocycles. The predicted octanol–water partition coefficient (Wildman–Crippen LogP) is 4.03. The fraction of sp³-hybridized carbons (Fsp3) is 0.450. The van der Waals surface area contributed by atoms with E-state index in [0.717, 1.165) is 47.1 Å². The van der Waals surface area contributed by atoms with Gasteiger partial charge in [0, 0.05) is 35.8 Å². The van der Waals surface area contributed by atoms with Crippen molar-refractivity contribution in [2.45, 2.75) is 32.8 Å². The van der Waals surface area contributed by atoms with E-state index < -0.39 is 12.1 Å². The molecule has 3 rings (SSSR count). The minimum absolute atomic E-state index is 0.121. The van der Waals surface area contributed by atoms with Gasteiger partial charge >= 0.3 is 5.97 Å². The number of carbonyl (C=O) groups is 2. The molecule has 1 aromatic heterocycles. The lowest BCUT2D eigenvalue weighted by molar-refractivity contribution is -0.143. The first kappa shape index (κ1) is 19.9. The lowest BCUT2D eigenvalue weighted by Crippen LogP contribution is -2.36. The molecule has 0 radical (unpaired) electrons. The molecular formula is C20H24N2O3S2. The average Bonchev–Trinajstić information content (AvgIpc) is 3.10. The van der Waals surface area contributed by atoms with E-state index in [-0.39, 0.29) is 11.5 Å². The average molecular weight is 405 g/mol. The molecule has 0 amide bonds. The summed E-state index contributed by atoms with van der Waals surface area (Å²) in [7, 11) is 0. The second-order valence-electron chi connectivity index (χ2n) is 6.97. The lowest BCUT2D eigenvalue weighted by atomic mass is 10.00. The molecule has 1 N–H and O–H groups in total. The third-order valence-corrected chi connectivity index (χ3v) is 6.38. The number of aromatic amines is 1. The highest BCUT2D eigenvalue weighted by atomic mass is 32.2. The minimum atomic E-state index is -0.832. The first-order valence-corrected chi connectivity index (χ1v) is 10.6. The van der Waals surface area contributed by atoms with Crippen LogP contribution in [-0.2, 0) is 9.53 Å². The first-order chi connectivity index (χ1) is 13.0. The second kappa shape index (κ2) is 8.89. The number of carbonyl (C=O) groups excluding carboxylic acids is 2. The molecule has 0 spiro atoms. The SMILES string of the molecule is CC1CCN(C(=S)SCC(=O)O[C@H](C)C(=O)c2c[nH]c3ccccc23)CC1. The van der Waals surface area contributed by atoms with Crippen LogP contribution in [0.15, 0.2) is 30.5 Å². The number of likely N-dealkylation sites (tertiary alicyclic amines) is 1. The van der Waals surface area contributed by atoms with E-state index in [1.54, 1.807) is 13.1 Å². The number of piperidine rings is 1. The third-order valence-electron chi connectivity index (χ3n) is 4.89. The highest BCUT2D eigenvalue weighted by Gasteiger charge is 2.23. The van der Waals surface area contributed by atoms with Crippen molar-refractivity contribution in [3.63, 3.8) is 0 Å². The number of ketones is 1. The summed E-state index contributed by atoms with van der Waals surface area (Å²) in [5.74, 6) is 0.221. The Bertz CT molecular complexity index is 841. The highest BCUT2D eigenvalue weighted by molar-refractivity contribution is 8.23. The minimum Gasteiger partial charge on any atom is -0.454 e. The van der Waals surface area contributed by atoms with Crippen LogP contribution in [0.4, 0.5) is 0 Å². The number of hydrogen-bond acceptors (Lipinski definition) is 5. The third kappa shape index (κ3) is 4.90. The number of H-pyrrole nitrogens is 1. The fourth-order valence-corrected chi connectivity index (χ4v) is 4.22. The van der Waals surface area contributed by atoms with E-state index in [1.807, 2.05) is 24.3 Å². The van der Waals surface area contributed by atoms with E-state index in [1.165, 1.54) is 11.8 Å². The van der Waals surface area contributed by atoms with Gasteiger partial charge in [0.25, 0.3) is 0 Å². The number of thioether (sulfide) groups is 1. The van der Waals surface area contributed by atoms with Gasteiger partial charge in [0.1, 0.15) is 4.32 Å². The molecule has 1 aliphatic heterocycles. The fourth-order valence-electron chi connectivity index (χ4n) is 3.18. The first-order valence-electron chi connectivity index (χ1n) is 9.17. The van der Waals surface area contributed by atoms with Crippen molar-refractivity contribution in [2.24, 2.45) is 5.92 Å². The maximum absolute atomic E-state index is 12.6. The number of nitrogens with zero attached hydrogens (tertiary/aromatic N) is 1. The zero-order valence-corrected chi connectivity index (χ0v) is 17.2. The number of rotatable bonds is 5. The van der Waals surface area contributed by atoms with E-state index in [9.17, 15) is 9.59 Å². The summed E-state index contributed by atoms with van der Waals surface area (Å²) in [6.45, 7) is 5.74. The number of aromatic nitrogens is 1. The van der Waals surface area contributed by atoms with Gasteiger partial charge in [-0.05, 0) is 31.7 Å². The largest absolute Gasteiger partial charge is 0.454 e. The Hall–Kier alpha value is -1.86.